The Balaban J connectivity index is 1.58. The fourth-order valence-electron chi connectivity index (χ4n) is 3.99. The molecular weight excluding hydrogens is 415 g/mol. The van der Waals surface area contributed by atoms with Gasteiger partial charge < -0.3 is 5.32 Å². The summed E-state index contributed by atoms with van der Waals surface area (Å²) in [5.74, 6) is -1.13. The molecule has 3 rings (SSSR count). The minimum atomic E-state index is -3.63. The Labute approximate surface area is 184 Å². The molecule has 0 saturated carbocycles. The molecule has 2 aromatic carbocycles. The molecule has 1 aliphatic heterocycles. The summed E-state index contributed by atoms with van der Waals surface area (Å²) in [4.78, 5) is 12.9. The first-order chi connectivity index (χ1) is 14.7. The number of sulfonamides is 1. The molecule has 0 bridgehead atoms. The maximum absolute atomic E-state index is 13.9. The van der Waals surface area contributed by atoms with Crippen molar-refractivity contribution in [3.05, 3.63) is 70.5 Å². The predicted molar refractivity (Wildman–Crippen MR) is 120 cm³/mol. The van der Waals surface area contributed by atoms with Crippen LogP contribution >= 0.6 is 0 Å². The van der Waals surface area contributed by atoms with E-state index in [0.717, 1.165) is 12.0 Å². The number of amides is 1. The Morgan fingerprint density at radius 1 is 1.13 bits per heavy atom. The molecule has 1 aliphatic rings. The topological polar surface area (TPSA) is 66.5 Å². The van der Waals surface area contributed by atoms with Gasteiger partial charge in [-0.3, -0.25) is 4.79 Å². The SMILES string of the molecule is CC[C@@H](NC(=O)C1CCN(S(=O)(=O)Cc2ccccc2F)CC1)c1ccc(C)c(C)c1. The lowest BCUT2D eigenvalue weighted by Crippen LogP contribution is -2.44. The second-order valence-electron chi connectivity index (χ2n) is 8.33. The first-order valence-electron chi connectivity index (χ1n) is 10.8. The Bertz CT molecular complexity index is 1030. The standard InChI is InChI=1S/C24H31FN2O3S/c1-4-23(20-10-9-17(2)18(3)15-20)26-24(28)19-11-13-27(14-12-19)31(29,30)16-21-7-5-6-8-22(21)25/h5-10,15,19,23H,4,11-14,16H2,1-3H3,(H,26,28)/t23-/m1/s1. The van der Waals surface area contributed by atoms with E-state index in [4.69, 9.17) is 0 Å². The molecule has 1 N–H and O–H groups in total. The van der Waals surface area contributed by atoms with E-state index in [2.05, 4.69) is 37.4 Å². The van der Waals surface area contributed by atoms with E-state index in [0.29, 0.717) is 12.8 Å². The van der Waals surface area contributed by atoms with Crippen molar-refractivity contribution < 1.29 is 17.6 Å². The summed E-state index contributed by atoms with van der Waals surface area (Å²) in [5, 5.41) is 3.14. The summed E-state index contributed by atoms with van der Waals surface area (Å²) in [6.45, 7) is 6.71. The van der Waals surface area contributed by atoms with Gasteiger partial charge in [-0.15, -0.1) is 0 Å². The number of rotatable bonds is 7. The molecule has 5 nitrogen and oxygen atoms in total. The first-order valence-corrected chi connectivity index (χ1v) is 12.4. The number of piperidine rings is 1. The maximum atomic E-state index is 13.9. The van der Waals surface area contributed by atoms with Crippen molar-refractivity contribution in [2.45, 2.75) is 51.8 Å². The Morgan fingerprint density at radius 2 is 1.81 bits per heavy atom. The van der Waals surface area contributed by atoms with Crippen LogP contribution in [0.5, 0.6) is 0 Å². The number of halogens is 1. The summed E-state index contributed by atoms with van der Waals surface area (Å²) in [5.41, 5.74) is 3.66. The Kier molecular flexibility index (Phi) is 7.49. The van der Waals surface area contributed by atoms with E-state index in [-0.39, 0.29) is 42.3 Å². The first kappa shape index (κ1) is 23.4. The average molecular weight is 447 g/mol. The monoisotopic (exact) mass is 446 g/mol. The molecule has 1 heterocycles. The van der Waals surface area contributed by atoms with Crippen LogP contribution in [-0.4, -0.2) is 31.7 Å². The van der Waals surface area contributed by atoms with Gasteiger partial charge in [-0.25, -0.2) is 17.1 Å². The van der Waals surface area contributed by atoms with E-state index in [9.17, 15) is 17.6 Å². The van der Waals surface area contributed by atoms with Crippen molar-refractivity contribution in [2.24, 2.45) is 5.92 Å². The van der Waals surface area contributed by atoms with E-state index in [1.807, 2.05) is 6.92 Å². The largest absolute Gasteiger partial charge is 0.349 e. The number of hydrogen-bond acceptors (Lipinski definition) is 3. The van der Waals surface area contributed by atoms with Gasteiger partial charge in [0.15, 0.2) is 0 Å². The van der Waals surface area contributed by atoms with Crippen LogP contribution < -0.4 is 5.32 Å². The highest BCUT2D eigenvalue weighted by molar-refractivity contribution is 7.88. The quantitative estimate of drug-likeness (QED) is 0.691. The van der Waals surface area contributed by atoms with Gasteiger partial charge in [-0.05, 0) is 55.9 Å². The number of hydrogen-bond donors (Lipinski definition) is 1. The number of benzene rings is 2. The lowest BCUT2D eigenvalue weighted by Gasteiger charge is -2.31. The van der Waals surface area contributed by atoms with Crippen LogP contribution in [0.3, 0.4) is 0 Å². The van der Waals surface area contributed by atoms with Crippen molar-refractivity contribution in [2.75, 3.05) is 13.1 Å². The molecule has 0 unspecified atom stereocenters. The fourth-order valence-corrected chi connectivity index (χ4v) is 5.57. The summed E-state index contributed by atoms with van der Waals surface area (Å²) >= 11 is 0. The number of aryl methyl sites for hydroxylation is 2. The van der Waals surface area contributed by atoms with E-state index >= 15 is 0 Å². The number of nitrogens with one attached hydrogen (secondary N) is 1. The van der Waals surface area contributed by atoms with Gasteiger partial charge in [0.25, 0.3) is 0 Å². The predicted octanol–water partition coefficient (Wildman–Crippen LogP) is 4.25. The molecule has 1 saturated heterocycles. The molecule has 7 heteroatoms. The molecule has 0 aromatic heterocycles. The van der Waals surface area contributed by atoms with Crippen molar-refractivity contribution >= 4 is 15.9 Å². The van der Waals surface area contributed by atoms with Gasteiger partial charge in [-0.2, -0.15) is 0 Å². The van der Waals surface area contributed by atoms with Crippen molar-refractivity contribution in [1.29, 1.82) is 0 Å². The average Bonchev–Trinajstić information content (AvgIpc) is 2.75. The van der Waals surface area contributed by atoms with Gasteiger partial charge in [-0.1, -0.05) is 43.3 Å². The minimum Gasteiger partial charge on any atom is -0.349 e. The van der Waals surface area contributed by atoms with Crippen LogP contribution in [-0.2, 0) is 20.6 Å². The second kappa shape index (κ2) is 9.92. The van der Waals surface area contributed by atoms with Crippen LogP contribution in [0.2, 0.25) is 0 Å². The van der Waals surface area contributed by atoms with E-state index < -0.39 is 15.8 Å². The van der Waals surface area contributed by atoms with Crippen LogP contribution in [0.1, 0.15) is 54.5 Å². The third kappa shape index (κ3) is 5.71. The third-order valence-electron chi connectivity index (χ3n) is 6.17. The minimum absolute atomic E-state index is 0.0313. The zero-order chi connectivity index (χ0) is 22.6. The number of nitrogens with zero attached hydrogens (tertiary/aromatic N) is 1. The number of carbonyl (C=O) groups is 1. The van der Waals surface area contributed by atoms with E-state index in [1.165, 1.54) is 33.6 Å². The highest BCUT2D eigenvalue weighted by atomic mass is 32.2. The molecule has 31 heavy (non-hydrogen) atoms. The van der Waals surface area contributed by atoms with Crippen molar-refractivity contribution in [3.8, 4) is 0 Å². The third-order valence-corrected chi connectivity index (χ3v) is 8.00. The molecule has 2 aromatic rings. The summed E-state index contributed by atoms with van der Waals surface area (Å²) < 4.78 is 40.7. The smallest absolute Gasteiger partial charge is 0.223 e. The van der Waals surface area contributed by atoms with Crippen LogP contribution in [0, 0.1) is 25.6 Å². The molecule has 0 aliphatic carbocycles. The van der Waals surface area contributed by atoms with Crippen LogP contribution in [0.25, 0.3) is 0 Å². The normalized spacial score (nSPS) is 16.8. The molecule has 168 valence electrons. The summed E-state index contributed by atoms with van der Waals surface area (Å²) in [6, 6.07) is 12.1. The molecule has 1 fully saturated rings. The maximum Gasteiger partial charge on any atom is 0.223 e. The van der Waals surface area contributed by atoms with E-state index in [1.54, 1.807) is 6.07 Å². The second-order valence-corrected chi connectivity index (χ2v) is 10.3. The Morgan fingerprint density at radius 3 is 2.42 bits per heavy atom. The molecular formula is C24H31FN2O3S. The summed E-state index contributed by atoms with van der Waals surface area (Å²) in [7, 11) is -3.63. The zero-order valence-electron chi connectivity index (χ0n) is 18.4. The van der Waals surface area contributed by atoms with Gasteiger partial charge in [0.05, 0.1) is 11.8 Å². The number of carbonyl (C=O) groups excluding carboxylic acids is 1. The van der Waals surface area contributed by atoms with Crippen LogP contribution in [0.15, 0.2) is 42.5 Å². The Hall–Kier alpha value is -2.25. The van der Waals surface area contributed by atoms with Gasteiger partial charge in [0.1, 0.15) is 5.82 Å². The molecule has 1 amide bonds. The molecule has 0 spiro atoms. The molecule has 1 atom stereocenters. The lowest BCUT2D eigenvalue weighted by atomic mass is 9.95. The lowest BCUT2D eigenvalue weighted by molar-refractivity contribution is -0.126. The van der Waals surface area contributed by atoms with Gasteiger partial charge >= 0.3 is 0 Å². The zero-order valence-corrected chi connectivity index (χ0v) is 19.2. The van der Waals surface area contributed by atoms with Gasteiger partial charge in [0.2, 0.25) is 15.9 Å². The molecule has 0 radical (unpaired) electrons. The van der Waals surface area contributed by atoms with Crippen molar-refractivity contribution in [3.63, 3.8) is 0 Å². The summed E-state index contributed by atoms with van der Waals surface area (Å²) in [6.07, 6.45) is 1.71. The fraction of sp³-hybridized carbons (Fsp3) is 0.458. The van der Waals surface area contributed by atoms with Crippen LogP contribution in [0.4, 0.5) is 4.39 Å². The van der Waals surface area contributed by atoms with Crippen molar-refractivity contribution in [1.82, 2.24) is 9.62 Å². The highest BCUT2D eigenvalue weighted by Crippen LogP contribution is 2.25. The van der Waals surface area contributed by atoms with Gasteiger partial charge in [0, 0.05) is 24.6 Å². The highest BCUT2D eigenvalue weighted by Gasteiger charge is 2.32.